The molecule has 1 saturated heterocycles. The topological polar surface area (TPSA) is 15.6 Å². The molecule has 0 bridgehead atoms. The molecular weight excluding hydrogens is 324 g/mol. The smallest absolute Gasteiger partial charge is 0.120 e. The molecule has 2 heterocycles. The molecule has 0 aliphatic carbocycles. The molecule has 0 amide bonds. The van der Waals surface area contributed by atoms with E-state index >= 15 is 0 Å². The zero-order valence-corrected chi connectivity index (χ0v) is 15.9. The van der Waals surface area contributed by atoms with E-state index in [-0.39, 0.29) is 5.41 Å². The Hall–Kier alpha value is -1.74. The van der Waals surface area contributed by atoms with E-state index in [0.717, 1.165) is 12.3 Å². The number of nitrogens with zero attached hydrogens (tertiary/aromatic N) is 2. The van der Waals surface area contributed by atoms with E-state index in [1.165, 1.54) is 41.9 Å². The molecule has 1 unspecified atom stereocenters. The molecule has 0 aromatic heterocycles. The summed E-state index contributed by atoms with van der Waals surface area (Å²) in [5.74, 6) is 2.90. The van der Waals surface area contributed by atoms with Crippen LogP contribution < -0.4 is 0 Å². The lowest BCUT2D eigenvalue weighted by molar-refractivity contribution is 0.371. The van der Waals surface area contributed by atoms with Crippen LogP contribution in [0.3, 0.4) is 0 Å². The average molecular weight is 351 g/mol. The highest BCUT2D eigenvalue weighted by molar-refractivity contribution is 7.98. The van der Waals surface area contributed by atoms with Gasteiger partial charge >= 0.3 is 0 Å². The molecular formula is C22H26N2S. The Labute approximate surface area is 155 Å². The normalized spacial score (nSPS) is 20.8. The van der Waals surface area contributed by atoms with Crippen LogP contribution >= 0.6 is 11.9 Å². The highest BCUT2D eigenvalue weighted by atomic mass is 32.2. The number of amidine groups is 1. The van der Waals surface area contributed by atoms with Crippen molar-refractivity contribution in [2.45, 2.75) is 38.0 Å². The summed E-state index contributed by atoms with van der Waals surface area (Å²) in [6.45, 7) is 6.94. The van der Waals surface area contributed by atoms with Gasteiger partial charge in [0.15, 0.2) is 0 Å². The third kappa shape index (κ3) is 3.22. The summed E-state index contributed by atoms with van der Waals surface area (Å²) in [6, 6.07) is 20.1. The first-order valence-corrected chi connectivity index (χ1v) is 10.2. The van der Waals surface area contributed by atoms with E-state index in [4.69, 9.17) is 4.40 Å². The molecule has 2 aromatic rings. The maximum absolute atomic E-state index is 4.79. The molecule has 2 aliphatic rings. The van der Waals surface area contributed by atoms with Gasteiger partial charge in [0, 0.05) is 30.2 Å². The van der Waals surface area contributed by atoms with Gasteiger partial charge in [-0.05, 0) is 41.5 Å². The van der Waals surface area contributed by atoms with Crippen molar-refractivity contribution in [3.8, 4) is 0 Å². The molecule has 25 heavy (non-hydrogen) atoms. The molecule has 2 aromatic carbocycles. The predicted octanol–water partition coefficient (Wildman–Crippen LogP) is 5.25. The predicted molar refractivity (Wildman–Crippen MR) is 108 cm³/mol. The highest BCUT2D eigenvalue weighted by Crippen LogP contribution is 2.35. The second kappa shape index (κ2) is 6.87. The fourth-order valence-corrected chi connectivity index (χ4v) is 4.80. The molecule has 0 radical (unpaired) electrons. The van der Waals surface area contributed by atoms with E-state index in [1.54, 1.807) is 11.9 Å². The quantitative estimate of drug-likeness (QED) is 0.702. The minimum Gasteiger partial charge on any atom is -0.358 e. The van der Waals surface area contributed by atoms with Crippen molar-refractivity contribution in [2.24, 2.45) is 4.40 Å². The van der Waals surface area contributed by atoms with E-state index in [0.29, 0.717) is 5.92 Å². The number of piperidine rings is 1. The summed E-state index contributed by atoms with van der Waals surface area (Å²) in [7, 11) is 0. The van der Waals surface area contributed by atoms with Gasteiger partial charge in [-0.1, -0.05) is 68.4 Å². The Morgan fingerprint density at radius 1 is 0.960 bits per heavy atom. The second-order valence-corrected chi connectivity index (χ2v) is 8.43. The molecule has 0 saturated carbocycles. The fraction of sp³-hybridized carbons (Fsp3) is 0.409. The molecule has 2 aliphatic heterocycles. The van der Waals surface area contributed by atoms with Crippen LogP contribution in [0.5, 0.6) is 0 Å². The number of benzene rings is 2. The average Bonchev–Trinajstić information content (AvgIpc) is 2.68. The van der Waals surface area contributed by atoms with Gasteiger partial charge in [-0.2, -0.15) is 0 Å². The van der Waals surface area contributed by atoms with Crippen molar-refractivity contribution in [3.05, 3.63) is 71.3 Å². The minimum absolute atomic E-state index is 0.0244. The minimum atomic E-state index is 0.0244. The lowest BCUT2D eigenvalue weighted by Crippen LogP contribution is -2.43. The van der Waals surface area contributed by atoms with E-state index in [1.807, 2.05) is 0 Å². The van der Waals surface area contributed by atoms with Crippen molar-refractivity contribution in [1.82, 2.24) is 4.90 Å². The first kappa shape index (κ1) is 16.7. The van der Waals surface area contributed by atoms with Gasteiger partial charge in [-0.15, -0.1) is 0 Å². The number of fused-ring (bicyclic) bond motifs is 1. The number of hydrogen-bond donors (Lipinski definition) is 0. The molecule has 1 atom stereocenters. The maximum Gasteiger partial charge on any atom is 0.120 e. The zero-order chi connectivity index (χ0) is 17.3. The van der Waals surface area contributed by atoms with Gasteiger partial charge in [0.1, 0.15) is 5.84 Å². The van der Waals surface area contributed by atoms with E-state index in [2.05, 4.69) is 73.3 Å². The summed E-state index contributed by atoms with van der Waals surface area (Å²) in [6.07, 6.45) is 2.49. The molecule has 4 rings (SSSR count). The van der Waals surface area contributed by atoms with Gasteiger partial charge < -0.3 is 4.90 Å². The fourth-order valence-electron chi connectivity index (χ4n) is 4.03. The van der Waals surface area contributed by atoms with Gasteiger partial charge in [0.05, 0.1) is 0 Å². The van der Waals surface area contributed by atoms with Crippen LogP contribution in [0.25, 0.3) is 0 Å². The lowest BCUT2D eigenvalue weighted by atomic mass is 9.77. The van der Waals surface area contributed by atoms with Crippen LogP contribution in [0.1, 0.15) is 49.3 Å². The van der Waals surface area contributed by atoms with Crippen molar-refractivity contribution in [1.29, 1.82) is 0 Å². The Kier molecular flexibility index (Phi) is 4.60. The van der Waals surface area contributed by atoms with Gasteiger partial charge in [0.2, 0.25) is 0 Å². The molecule has 1 fully saturated rings. The molecule has 130 valence electrons. The number of rotatable bonds is 3. The van der Waals surface area contributed by atoms with E-state index in [9.17, 15) is 0 Å². The van der Waals surface area contributed by atoms with Crippen molar-refractivity contribution in [2.75, 3.05) is 18.8 Å². The lowest BCUT2D eigenvalue weighted by Gasteiger charge is -2.38. The Morgan fingerprint density at radius 2 is 1.68 bits per heavy atom. The van der Waals surface area contributed by atoms with Crippen LogP contribution in [-0.4, -0.2) is 29.6 Å². The van der Waals surface area contributed by atoms with Crippen LogP contribution in [0, 0.1) is 0 Å². The summed E-state index contributed by atoms with van der Waals surface area (Å²) in [5.41, 5.74) is 4.17. The Morgan fingerprint density at radius 3 is 2.44 bits per heavy atom. The summed E-state index contributed by atoms with van der Waals surface area (Å²) in [5, 5.41) is 0. The largest absolute Gasteiger partial charge is 0.358 e. The van der Waals surface area contributed by atoms with Crippen LogP contribution in [-0.2, 0) is 5.41 Å². The van der Waals surface area contributed by atoms with Gasteiger partial charge in [0.25, 0.3) is 0 Å². The Balaban J connectivity index is 1.61. The van der Waals surface area contributed by atoms with Crippen molar-refractivity contribution < 1.29 is 0 Å². The maximum atomic E-state index is 4.79. The standard InChI is InChI=1S/C22H26N2S/c1-22(2,18-7-4-3-5-8-18)19-12-10-17(11-13-19)20-9-6-14-24-15-16-25-23-21(20)24/h3-5,7-8,10-13,20H,6,9,14-16H2,1-2H3. The first-order valence-electron chi connectivity index (χ1n) is 9.27. The molecule has 3 heteroatoms. The third-order valence-corrected chi connectivity index (χ3v) is 6.38. The SMILES string of the molecule is CC(C)(c1ccccc1)c1ccc(C2CCCN3CCSN=C23)cc1. The summed E-state index contributed by atoms with van der Waals surface area (Å²) >= 11 is 1.73. The first-order chi connectivity index (χ1) is 12.2. The second-order valence-electron chi connectivity index (χ2n) is 7.58. The summed E-state index contributed by atoms with van der Waals surface area (Å²) < 4.78 is 4.79. The summed E-state index contributed by atoms with van der Waals surface area (Å²) in [4.78, 5) is 2.49. The van der Waals surface area contributed by atoms with Gasteiger partial charge in [-0.3, -0.25) is 0 Å². The van der Waals surface area contributed by atoms with Crippen LogP contribution in [0.2, 0.25) is 0 Å². The Bertz CT molecular complexity index is 749. The van der Waals surface area contributed by atoms with Crippen LogP contribution in [0.15, 0.2) is 59.0 Å². The molecule has 0 spiro atoms. The highest BCUT2D eigenvalue weighted by Gasteiger charge is 2.30. The molecule has 0 N–H and O–H groups in total. The third-order valence-electron chi connectivity index (χ3n) is 5.70. The number of hydrogen-bond acceptors (Lipinski definition) is 3. The molecule has 2 nitrogen and oxygen atoms in total. The van der Waals surface area contributed by atoms with Crippen molar-refractivity contribution >= 4 is 17.8 Å². The monoisotopic (exact) mass is 350 g/mol. The van der Waals surface area contributed by atoms with E-state index < -0.39 is 0 Å². The van der Waals surface area contributed by atoms with Gasteiger partial charge in [-0.25, -0.2) is 4.40 Å². The van der Waals surface area contributed by atoms with Crippen LogP contribution in [0.4, 0.5) is 0 Å². The zero-order valence-electron chi connectivity index (χ0n) is 15.1. The van der Waals surface area contributed by atoms with Crippen molar-refractivity contribution in [3.63, 3.8) is 0 Å².